The SMILES string of the molecule is Brc1cccc(-c2ccc3c(c2)c2c4ccccc4ccc2n3-c2ccccc2)c1.Brc1cccc(-c2ccc3c(c2)c2ccc4ccccc4c2n3-c2ccccc2)c1.Brc1ccccc1-c1cccc(-c2ccc3c4c5ccccc5c5ccccc5c4n(-c4ccccc4)c3c2)c1.Brc1ccccc1-c1cccc(-c2ccc3c4c5ccccc5c5ccccc5c4n(-c4ccccn4)c3c2)c1. The smallest absolute Gasteiger partial charge is 0.137 e. The average molecular weight is 2050 g/mol. The number of rotatable bonds is 10. The van der Waals surface area contributed by atoms with E-state index >= 15 is 0 Å². The number of hydrogen-bond acceptors (Lipinski definition) is 1. The Bertz CT molecular complexity index is 9430. The van der Waals surface area contributed by atoms with Crippen LogP contribution >= 0.6 is 63.7 Å². The summed E-state index contributed by atoms with van der Waals surface area (Å²) in [6.07, 6.45) is 1.88. The Balaban J connectivity index is 0.0000000994. The Morgan fingerprint density at radius 2 is 0.507 bits per heavy atom. The van der Waals surface area contributed by atoms with Crippen molar-refractivity contribution in [1.82, 2.24) is 23.3 Å². The van der Waals surface area contributed by atoms with Crippen LogP contribution in [0.15, 0.2) is 522 Å². The summed E-state index contributed by atoms with van der Waals surface area (Å²) in [5, 5.41) is 25.5. The van der Waals surface area contributed by atoms with Crippen LogP contribution in [0, 0.1) is 0 Å². The molecule has 140 heavy (non-hydrogen) atoms. The number of nitrogens with zero attached hydrogens (tertiary/aromatic N) is 5. The molecule has 0 aliphatic rings. The molecule has 0 aliphatic heterocycles. The van der Waals surface area contributed by atoms with Crippen molar-refractivity contribution in [2.45, 2.75) is 0 Å². The summed E-state index contributed by atoms with van der Waals surface area (Å²) in [6.45, 7) is 0. The quantitative estimate of drug-likeness (QED) is 0.126. The molecule has 0 saturated heterocycles. The van der Waals surface area contributed by atoms with Crippen molar-refractivity contribution in [1.29, 1.82) is 0 Å². The molecule has 5 heterocycles. The first-order chi connectivity index (χ1) is 69.1. The lowest BCUT2D eigenvalue weighted by atomic mass is 9.95. The summed E-state index contributed by atoms with van der Waals surface area (Å²) < 4.78 is 14.0. The second kappa shape index (κ2) is 36.4. The lowest BCUT2D eigenvalue weighted by Crippen LogP contribution is -1.97. The van der Waals surface area contributed by atoms with Gasteiger partial charge in [0.1, 0.15) is 5.82 Å². The maximum absolute atomic E-state index is 4.83. The van der Waals surface area contributed by atoms with E-state index in [4.69, 9.17) is 4.98 Å². The molecule has 0 radical (unpaired) electrons. The maximum atomic E-state index is 4.83. The van der Waals surface area contributed by atoms with E-state index in [-0.39, 0.29) is 0 Å². The Labute approximate surface area is 842 Å². The molecular formula is C131H83Br4N5. The molecule has 5 aromatic heterocycles. The lowest BCUT2D eigenvalue weighted by molar-refractivity contribution is 1.08. The van der Waals surface area contributed by atoms with Gasteiger partial charge in [-0.1, -0.05) is 422 Å². The monoisotopic (exact) mass is 2040 g/mol. The van der Waals surface area contributed by atoms with Crippen LogP contribution in [0.1, 0.15) is 0 Å². The number of fused-ring (bicyclic) bond motifs is 26. The molecule has 28 rings (SSSR count). The first-order valence-corrected chi connectivity index (χ1v) is 50.3. The predicted molar refractivity (Wildman–Crippen MR) is 609 cm³/mol. The fourth-order valence-electron chi connectivity index (χ4n) is 21.4. The van der Waals surface area contributed by atoms with Gasteiger partial charge >= 0.3 is 0 Å². The summed E-state index contributed by atoms with van der Waals surface area (Å²) in [7, 11) is 0. The highest BCUT2D eigenvalue weighted by Crippen LogP contribution is 2.49. The third kappa shape index (κ3) is 15.2. The third-order valence-corrected chi connectivity index (χ3v) is 29.9. The van der Waals surface area contributed by atoms with Gasteiger partial charge in [0.15, 0.2) is 0 Å². The van der Waals surface area contributed by atoms with Crippen LogP contribution in [0.5, 0.6) is 0 Å². The molecular weight excluding hydrogens is 1960 g/mol. The van der Waals surface area contributed by atoms with Gasteiger partial charge in [0.05, 0.1) is 44.1 Å². The average Bonchev–Trinajstić information content (AvgIpc) is 1.55. The molecule has 0 spiro atoms. The highest BCUT2D eigenvalue weighted by atomic mass is 79.9. The first kappa shape index (κ1) is 85.5. The third-order valence-electron chi connectivity index (χ3n) is 27.6. The predicted octanol–water partition coefficient (Wildman–Crippen LogP) is 38.5. The Kier molecular flexibility index (Phi) is 22.3. The van der Waals surface area contributed by atoms with Gasteiger partial charge < -0.3 is 13.7 Å². The number of pyridine rings is 1. The summed E-state index contributed by atoms with van der Waals surface area (Å²) in [6, 6.07) is 178. The zero-order valence-electron chi connectivity index (χ0n) is 75.7. The molecule has 0 fully saturated rings. The van der Waals surface area contributed by atoms with Gasteiger partial charge in [-0.15, -0.1) is 0 Å². The van der Waals surface area contributed by atoms with Gasteiger partial charge in [0.2, 0.25) is 0 Å². The second-order valence-electron chi connectivity index (χ2n) is 35.6. The van der Waals surface area contributed by atoms with Crippen LogP contribution in [0.25, 0.3) is 241 Å². The normalized spacial score (nSPS) is 11.6. The summed E-state index contributed by atoms with van der Waals surface area (Å²) in [4.78, 5) is 4.83. The van der Waals surface area contributed by atoms with Gasteiger partial charge in [-0.05, 0) is 255 Å². The molecule has 28 aromatic rings. The minimum Gasteiger partial charge on any atom is -0.309 e. The highest BCUT2D eigenvalue weighted by molar-refractivity contribution is 9.11. The van der Waals surface area contributed by atoms with E-state index in [0.29, 0.717) is 0 Å². The van der Waals surface area contributed by atoms with Gasteiger partial charge in [-0.25, -0.2) is 4.98 Å². The van der Waals surface area contributed by atoms with Crippen molar-refractivity contribution < 1.29 is 0 Å². The van der Waals surface area contributed by atoms with Crippen molar-refractivity contribution in [3.05, 3.63) is 522 Å². The van der Waals surface area contributed by atoms with Crippen molar-refractivity contribution in [2.75, 3.05) is 0 Å². The van der Waals surface area contributed by atoms with Crippen molar-refractivity contribution in [2.24, 2.45) is 0 Å². The van der Waals surface area contributed by atoms with Gasteiger partial charge in [0.25, 0.3) is 0 Å². The number of hydrogen-bond donors (Lipinski definition) is 0. The number of aromatic nitrogens is 5. The van der Waals surface area contributed by atoms with Crippen molar-refractivity contribution in [3.63, 3.8) is 0 Å². The molecule has 5 nitrogen and oxygen atoms in total. The van der Waals surface area contributed by atoms with E-state index in [0.717, 1.165) is 29.2 Å². The molecule has 0 aliphatic carbocycles. The standard InChI is InChI=1S/C38H24BrN.C37H23BrN2.2C28H18BrN/c39-35-20-9-8-15-29(35)27-12-10-11-25(23-27)26-21-22-34-36(24-26)40(28-13-2-1-3-14-28)38-33-19-7-5-17-31(33)30-16-4-6-18-32(30)37(34)38;38-33-17-6-5-12-27(33)26-11-9-10-24(22-26)25-19-20-32-34(23-25)40(35-18-7-8-21-39-35)37-31-16-4-2-14-29(31)28-13-1-3-15-30(28)36(32)37;29-22-9-6-8-20(17-22)21-14-15-26-25(18-21)28-24-12-5-4-7-19(24)13-16-27(28)30(26)23-10-2-1-3-11-23;29-22-9-6-8-20(17-22)21-14-16-27-26(18-21)25-15-13-19-7-4-5-12-24(19)28(25)30(27)23-10-2-1-3-11-23/h1-24H;1-23H;2*1-18H. The van der Waals surface area contributed by atoms with Crippen LogP contribution in [0.3, 0.4) is 0 Å². The summed E-state index contributed by atoms with van der Waals surface area (Å²) in [5.74, 6) is 0.919. The van der Waals surface area contributed by atoms with Crippen LogP contribution in [0.2, 0.25) is 0 Å². The van der Waals surface area contributed by atoms with Gasteiger partial charge in [-0.2, -0.15) is 0 Å². The molecule has 0 bridgehead atoms. The summed E-state index contributed by atoms with van der Waals surface area (Å²) in [5.41, 5.74) is 27.7. The largest absolute Gasteiger partial charge is 0.309 e. The van der Waals surface area contributed by atoms with E-state index < -0.39 is 0 Å². The second-order valence-corrected chi connectivity index (χ2v) is 39.1. The number of halogens is 4. The summed E-state index contributed by atoms with van der Waals surface area (Å²) >= 11 is 14.7. The first-order valence-electron chi connectivity index (χ1n) is 47.1. The molecule has 0 amide bonds. The molecule has 0 N–H and O–H groups in total. The number of para-hydroxylation sites is 3. The molecule has 0 atom stereocenters. The van der Waals surface area contributed by atoms with Crippen LogP contribution in [-0.4, -0.2) is 23.3 Å². The van der Waals surface area contributed by atoms with E-state index in [9.17, 15) is 0 Å². The minimum atomic E-state index is 0.919. The molecule has 660 valence electrons. The van der Waals surface area contributed by atoms with E-state index in [1.54, 1.807) is 0 Å². The Morgan fingerprint density at radius 3 is 1.01 bits per heavy atom. The molecule has 0 saturated carbocycles. The minimum absolute atomic E-state index is 0.919. The fourth-order valence-corrected chi connectivity index (χ4v) is 23.2. The van der Waals surface area contributed by atoms with Crippen molar-refractivity contribution >= 4 is 216 Å². The fraction of sp³-hybridized carbons (Fsp3) is 0. The topological polar surface area (TPSA) is 32.6 Å². The van der Waals surface area contributed by atoms with Crippen LogP contribution in [0.4, 0.5) is 0 Å². The maximum Gasteiger partial charge on any atom is 0.137 e. The van der Waals surface area contributed by atoms with E-state index in [1.165, 1.54) is 230 Å². The molecule has 23 aromatic carbocycles. The Morgan fingerprint density at radius 1 is 0.164 bits per heavy atom. The lowest BCUT2D eigenvalue weighted by Gasteiger charge is -2.12. The molecule has 0 unspecified atom stereocenters. The van der Waals surface area contributed by atoms with E-state index in [1.807, 2.05) is 12.3 Å². The van der Waals surface area contributed by atoms with Gasteiger partial charge in [-0.3, -0.25) is 4.57 Å². The highest BCUT2D eigenvalue weighted by Gasteiger charge is 2.25. The van der Waals surface area contributed by atoms with Crippen LogP contribution in [-0.2, 0) is 0 Å². The van der Waals surface area contributed by atoms with E-state index in [2.05, 4.69) is 573 Å². The Hall–Kier alpha value is -16.1. The molecule has 9 heteroatoms. The van der Waals surface area contributed by atoms with Crippen molar-refractivity contribution in [3.8, 4) is 89.6 Å². The van der Waals surface area contributed by atoms with Gasteiger partial charge in [0, 0.05) is 100 Å². The van der Waals surface area contributed by atoms with Crippen LogP contribution < -0.4 is 0 Å². The zero-order valence-corrected chi connectivity index (χ0v) is 82.0. The number of benzene rings is 23. The zero-order chi connectivity index (χ0) is 93.4.